The molecule has 30 heavy (non-hydrogen) atoms. The van der Waals surface area contributed by atoms with Crippen molar-refractivity contribution in [2.45, 2.75) is 38.7 Å². The topological polar surface area (TPSA) is 84.5 Å². The Morgan fingerprint density at radius 2 is 1.63 bits per heavy atom. The Balaban J connectivity index is 0.000000325. The number of amides is 1. The molecule has 0 aromatic heterocycles. The minimum atomic E-state index is -0.275. The van der Waals surface area contributed by atoms with Crippen LogP contribution in [0, 0.1) is 0 Å². The standard InChI is InChI=1S/C14H22O4.C8H15NO3/c1-15-7-8-16-9-10-17-11-12-18-13-14-5-3-2-4-6-14;1-6(10)9-7-4-3-5-12-8(7)11-2/h2-6H,7-13H2,1H3;7-8H,3-5H2,1-2H3,(H,9,10). The second-order valence-corrected chi connectivity index (χ2v) is 6.68. The quantitative estimate of drug-likeness (QED) is 0.483. The number of hydrogen-bond acceptors (Lipinski definition) is 7. The third-order valence-corrected chi connectivity index (χ3v) is 4.18. The summed E-state index contributed by atoms with van der Waals surface area (Å²) in [5.41, 5.74) is 1.18. The van der Waals surface area contributed by atoms with Crippen molar-refractivity contribution in [1.82, 2.24) is 5.32 Å². The summed E-state index contributed by atoms with van der Waals surface area (Å²) in [7, 11) is 3.24. The predicted octanol–water partition coefficient (Wildman–Crippen LogP) is 2.16. The molecule has 2 atom stereocenters. The molecule has 8 heteroatoms. The van der Waals surface area contributed by atoms with E-state index in [9.17, 15) is 4.79 Å². The molecule has 0 bridgehead atoms. The summed E-state index contributed by atoms with van der Waals surface area (Å²) >= 11 is 0. The highest BCUT2D eigenvalue weighted by atomic mass is 16.7. The van der Waals surface area contributed by atoms with Gasteiger partial charge in [-0.15, -0.1) is 0 Å². The third kappa shape index (κ3) is 13.6. The van der Waals surface area contributed by atoms with Crippen LogP contribution in [0.15, 0.2) is 30.3 Å². The highest BCUT2D eigenvalue weighted by Crippen LogP contribution is 2.14. The molecule has 1 fully saturated rings. The van der Waals surface area contributed by atoms with Gasteiger partial charge in [-0.3, -0.25) is 4.79 Å². The van der Waals surface area contributed by atoms with E-state index in [1.54, 1.807) is 14.2 Å². The van der Waals surface area contributed by atoms with Crippen molar-refractivity contribution in [3.8, 4) is 0 Å². The smallest absolute Gasteiger partial charge is 0.217 e. The monoisotopic (exact) mass is 427 g/mol. The van der Waals surface area contributed by atoms with E-state index in [2.05, 4.69) is 5.32 Å². The number of carbonyl (C=O) groups is 1. The molecule has 1 heterocycles. The lowest BCUT2D eigenvalue weighted by atomic mass is 10.1. The van der Waals surface area contributed by atoms with Crippen molar-refractivity contribution in [3.63, 3.8) is 0 Å². The maximum Gasteiger partial charge on any atom is 0.217 e. The zero-order valence-electron chi connectivity index (χ0n) is 18.5. The van der Waals surface area contributed by atoms with E-state index in [4.69, 9.17) is 28.4 Å². The molecule has 8 nitrogen and oxygen atoms in total. The van der Waals surface area contributed by atoms with Crippen LogP contribution in [0.2, 0.25) is 0 Å². The minimum absolute atomic E-state index is 0.0150. The van der Waals surface area contributed by atoms with Crippen LogP contribution in [0.3, 0.4) is 0 Å². The molecule has 1 amide bonds. The molecule has 1 N–H and O–H groups in total. The molecule has 2 unspecified atom stereocenters. The molecule has 0 saturated carbocycles. The zero-order valence-corrected chi connectivity index (χ0v) is 18.5. The van der Waals surface area contributed by atoms with Gasteiger partial charge in [0.1, 0.15) is 0 Å². The van der Waals surface area contributed by atoms with Crippen molar-refractivity contribution in [2.75, 3.05) is 60.5 Å². The number of hydrogen-bond donors (Lipinski definition) is 1. The maximum absolute atomic E-state index is 10.8. The van der Waals surface area contributed by atoms with Crippen LogP contribution in [0.1, 0.15) is 25.3 Å². The molecule has 1 aromatic rings. The SMILES string of the molecule is COC1OCCCC1NC(C)=O.COCCOCCOCCOCc1ccccc1. The number of rotatable bonds is 13. The van der Waals surface area contributed by atoms with Gasteiger partial charge in [0.25, 0.3) is 0 Å². The number of nitrogens with one attached hydrogen (secondary N) is 1. The molecule has 0 aliphatic carbocycles. The van der Waals surface area contributed by atoms with Gasteiger partial charge >= 0.3 is 0 Å². The maximum atomic E-state index is 10.8. The van der Waals surface area contributed by atoms with Crippen LogP contribution >= 0.6 is 0 Å². The van der Waals surface area contributed by atoms with Crippen LogP contribution in [0.25, 0.3) is 0 Å². The number of carbonyl (C=O) groups excluding carboxylic acids is 1. The van der Waals surface area contributed by atoms with Gasteiger partial charge in [-0.25, -0.2) is 0 Å². The van der Waals surface area contributed by atoms with Gasteiger partial charge < -0.3 is 33.7 Å². The molecule has 1 aromatic carbocycles. The highest BCUT2D eigenvalue weighted by Gasteiger charge is 2.25. The van der Waals surface area contributed by atoms with Crippen LogP contribution in [-0.4, -0.2) is 78.7 Å². The first-order chi connectivity index (χ1) is 14.7. The lowest BCUT2D eigenvalue weighted by molar-refractivity contribution is -0.165. The van der Waals surface area contributed by atoms with E-state index in [0.717, 1.165) is 12.8 Å². The number of methoxy groups -OCH3 is 2. The van der Waals surface area contributed by atoms with Gasteiger partial charge in [0, 0.05) is 27.8 Å². The largest absolute Gasteiger partial charge is 0.382 e. The van der Waals surface area contributed by atoms with E-state index in [1.165, 1.54) is 12.5 Å². The predicted molar refractivity (Wildman–Crippen MR) is 113 cm³/mol. The van der Waals surface area contributed by atoms with Gasteiger partial charge in [0.2, 0.25) is 5.91 Å². The van der Waals surface area contributed by atoms with Crippen molar-refractivity contribution in [3.05, 3.63) is 35.9 Å². The average molecular weight is 428 g/mol. The molecule has 2 rings (SSSR count). The second kappa shape index (κ2) is 18.2. The molecule has 1 saturated heterocycles. The Labute approximate surface area is 180 Å². The first kappa shape index (κ1) is 26.5. The van der Waals surface area contributed by atoms with E-state index in [0.29, 0.717) is 52.9 Å². The van der Waals surface area contributed by atoms with E-state index in [1.807, 2.05) is 30.3 Å². The van der Waals surface area contributed by atoms with Crippen molar-refractivity contribution >= 4 is 5.91 Å². The Hall–Kier alpha value is -1.55. The fourth-order valence-electron chi connectivity index (χ4n) is 2.73. The van der Waals surface area contributed by atoms with Crippen LogP contribution in [0.4, 0.5) is 0 Å². The minimum Gasteiger partial charge on any atom is -0.382 e. The summed E-state index contributed by atoms with van der Waals surface area (Å²) in [6.07, 6.45) is 1.63. The number of ether oxygens (including phenoxy) is 6. The molecular formula is C22H37NO7. The van der Waals surface area contributed by atoms with Crippen LogP contribution in [-0.2, 0) is 39.8 Å². The van der Waals surface area contributed by atoms with Crippen LogP contribution in [0.5, 0.6) is 0 Å². The summed E-state index contributed by atoms with van der Waals surface area (Å²) in [5, 5.41) is 2.79. The summed E-state index contributed by atoms with van der Waals surface area (Å²) < 4.78 is 31.3. The van der Waals surface area contributed by atoms with Gasteiger partial charge in [-0.2, -0.15) is 0 Å². The summed E-state index contributed by atoms with van der Waals surface area (Å²) in [4.78, 5) is 10.8. The fourth-order valence-corrected chi connectivity index (χ4v) is 2.73. The lowest BCUT2D eigenvalue weighted by Crippen LogP contribution is -2.47. The first-order valence-electron chi connectivity index (χ1n) is 10.3. The summed E-state index contributed by atoms with van der Waals surface area (Å²) in [6, 6.07) is 10.1. The molecule has 172 valence electrons. The zero-order chi connectivity index (χ0) is 21.9. The Bertz CT molecular complexity index is 529. The first-order valence-corrected chi connectivity index (χ1v) is 10.3. The average Bonchev–Trinajstić information content (AvgIpc) is 2.76. The van der Waals surface area contributed by atoms with Crippen LogP contribution < -0.4 is 5.32 Å². The summed E-state index contributed by atoms with van der Waals surface area (Å²) in [5.74, 6) is -0.0347. The Morgan fingerprint density at radius 1 is 1.00 bits per heavy atom. The lowest BCUT2D eigenvalue weighted by Gasteiger charge is -2.30. The molecular weight excluding hydrogens is 390 g/mol. The second-order valence-electron chi connectivity index (χ2n) is 6.68. The Morgan fingerprint density at radius 3 is 2.23 bits per heavy atom. The molecule has 1 aliphatic rings. The normalized spacial score (nSPS) is 18.4. The number of benzene rings is 1. The molecule has 1 aliphatic heterocycles. The summed E-state index contributed by atoms with van der Waals surface area (Å²) in [6.45, 7) is 6.49. The highest BCUT2D eigenvalue weighted by molar-refractivity contribution is 5.73. The molecule has 0 spiro atoms. The van der Waals surface area contributed by atoms with Crippen molar-refractivity contribution in [1.29, 1.82) is 0 Å². The van der Waals surface area contributed by atoms with E-state index in [-0.39, 0.29) is 18.2 Å². The van der Waals surface area contributed by atoms with Gasteiger partial charge in [0.15, 0.2) is 6.29 Å². The fraction of sp³-hybridized carbons (Fsp3) is 0.682. The van der Waals surface area contributed by atoms with Crippen molar-refractivity contribution < 1.29 is 33.2 Å². The van der Waals surface area contributed by atoms with Crippen molar-refractivity contribution in [2.24, 2.45) is 0 Å². The van der Waals surface area contributed by atoms with Gasteiger partial charge in [-0.05, 0) is 18.4 Å². The van der Waals surface area contributed by atoms with E-state index >= 15 is 0 Å². The third-order valence-electron chi connectivity index (χ3n) is 4.18. The van der Waals surface area contributed by atoms with Gasteiger partial charge in [0.05, 0.1) is 52.3 Å². The Kier molecular flexibility index (Phi) is 16.1. The molecule has 0 radical (unpaired) electrons. The van der Waals surface area contributed by atoms with Gasteiger partial charge in [-0.1, -0.05) is 30.3 Å². The van der Waals surface area contributed by atoms with E-state index < -0.39 is 0 Å².